The molecule has 0 fully saturated rings. The lowest BCUT2D eigenvalue weighted by atomic mass is 9.99. The first kappa shape index (κ1) is 13.6. The number of hydrogen-bond donors (Lipinski definition) is 1. The van der Waals surface area contributed by atoms with Crippen LogP contribution < -0.4 is 5.32 Å². The third-order valence-electron chi connectivity index (χ3n) is 3.03. The first-order chi connectivity index (χ1) is 8.87. The van der Waals surface area contributed by atoms with Crippen LogP contribution in [0.2, 0.25) is 0 Å². The largest absolute Gasteiger partial charge is 0.350 e. The monoisotopic (exact) mass is 260 g/mol. The Morgan fingerprint density at radius 2 is 2.00 bits per heavy atom. The maximum atomic E-state index is 12.3. The molecule has 0 atom stereocenters. The average Bonchev–Trinajstić information content (AvgIpc) is 2.31. The van der Waals surface area contributed by atoms with E-state index >= 15 is 0 Å². The highest BCUT2D eigenvalue weighted by atomic mass is 16.2. The summed E-state index contributed by atoms with van der Waals surface area (Å²) in [6, 6.07) is 7.59. The van der Waals surface area contributed by atoms with E-state index in [1.807, 2.05) is 45.0 Å². The van der Waals surface area contributed by atoms with E-state index < -0.39 is 0 Å². The predicted molar refractivity (Wildman–Crippen MR) is 73.9 cm³/mol. The fourth-order valence-electron chi connectivity index (χ4n) is 2.26. The molecule has 0 unspecified atom stereocenters. The number of amides is 2. The van der Waals surface area contributed by atoms with Crippen molar-refractivity contribution in [2.24, 2.45) is 0 Å². The number of benzene rings is 1. The molecule has 1 aliphatic heterocycles. The van der Waals surface area contributed by atoms with Crippen molar-refractivity contribution in [3.63, 3.8) is 0 Å². The van der Waals surface area contributed by atoms with Crippen molar-refractivity contribution in [2.45, 2.75) is 32.7 Å². The second-order valence-electron chi connectivity index (χ2n) is 5.93. The second kappa shape index (κ2) is 5.03. The molecule has 0 saturated carbocycles. The minimum Gasteiger partial charge on any atom is -0.350 e. The van der Waals surface area contributed by atoms with Gasteiger partial charge in [-0.25, -0.2) is 0 Å². The van der Waals surface area contributed by atoms with Crippen molar-refractivity contribution in [1.29, 1.82) is 0 Å². The van der Waals surface area contributed by atoms with Crippen LogP contribution in [0.25, 0.3) is 0 Å². The lowest BCUT2D eigenvalue weighted by Gasteiger charge is -2.29. The molecule has 0 aromatic heterocycles. The maximum absolute atomic E-state index is 12.3. The Morgan fingerprint density at radius 1 is 1.32 bits per heavy atom. The van der Waals surface area contributed by atoms with Gasteiger partial charge in [0.15, 0.2) is 0 Å². The fraction of sp³-hybridized carbons (Fsp3) is 0.467. The van der Waals surface area contributed by atoms with Gasteiger partial charge in [-0.05, 0) is 38.8 Å². The van der Waals surface area contributed by atoms with Crippen LogP contribution in [0.3, 0.4) is 0 Å². The molecule has 2 amide bonds. The molecule has 19 heavy (non-hydrogen) atoms. The van der Waals surface area contributed by atoms with Gasteiger partial charge in [-0.15, -0.1) is 0 Å². The highest BCUT2D eigenvalue weighted by Crippen LogP contribution is 2.18. The molecule has 1 N–H and O–H groups in total. The number of nitrogens with one attached hydrogen (secondary N) is 1. The molecule has 1 heterocycles. The van der Waals surface area contributed by atoms with Gasteiger partial charge in [-0.3, -0.25) is 9.59 Å². The number of fused-ring (bicyclic) bond motifs is 1. The van der Waals surface area contributed by atoms with Crippen LogP contribution in [0, 0.1) is 0 Å². The standard InChI is InChI=1S/C15H20N2O2/c1-15(2,3)16-13(18)10-17-9-8-11-6-4-5-7-12(11)14(17)19/h4-7H,8-10H2,1-3H3,(H,16,18). The summed E-state index contributed by atoms with van der Waals surface area (Å²) in [6.07, 6.45) is 0.810. The van der Waals surface area contributed by atoms with E-state index in [0.29, 0.717) is 6.54 Å². The van der Waals surface area contributed by atoms with Crippen LogP contribution in [0.4, 0.5) is 0 Å². The fourth-order valence-corrected chi connectivity index (χ4v) is 2.26. The quantitative estimate of drug-likeness (QED) is 0.878. The van der Waals surface area contributed by atoms with Gasteiger partial charge in [0.2, 0.25) is 5.91 Å². The number of rotatable bonds is 2. The molecule has 0 bridgehead atoms. The van der Waals surface area contributed by atoms with Crippen LogP contribution in [0.5, 0.6) is 0 Å². The van der Waals surface area contributed by atoms with Crippen molar-refractivity contribution < 1.29 is 9.59 Å². The Hall–Kier alpha value is -1.84. The molecule has 0 saturated heterocycles. The molecule has 4 heteroatoms. The predicted octanol–water partition coefficient (Wildman–Crippen LogP) is 1.60. The zero-order valence-corrected chi connectivity index (χ0v) is 11.7. The van der Waals surface area contributed by atoms with Crippen molar-refractivity contribution in [1.82, 2.24) is 10.2 Å². The van der Waals surface area contributed by atoms with Crippen LogP contribution in [0.1, 0.15) is 36.7 Å². The lowest BCUT2D eigenvalue weighted by molar-refractivity contribution is -0.123. The molecule has 2 rings (SSSR count). The lowest BCUT2D eigenvalue weighted by Crippen LogP contribution is -2.48. The summed E-state index contributed by atoms with van der Waals surface area (Å²) in [4.78, 5) is 25.8. The van der Waals surface area contributed by atoms with Gasteiger partial charge in [0, 0.05) is 17.6 Å². The number of nitrogens with zero attached hydrogens (tertiary/aromatic N) is 1. The van der Waals surface area contributed by atoms with Gasteiger partial charge in [-0.2, -0.15) is 0 Å². The van der Waals surface area contributed by atoms with Crippen molar-refractivity contribution in [3.8, 4) is 0 Å². The Kier molecular flexibility index (Phi) is 3.60. The second-order valence-corrected chi connectivity index (χ2v) is 5.93. The van der Waals surface area contributed by atoms with E-state index in [-0.39, 0.29) is 23.9 Å². The summed E-state index contributed by atoms with van der Waals surface area (Å²) in [6.45, 7) is 6.52. The van der Waals surface area contributed by atoms with Gasteiger partial charge in [0.05, 0.1) is 6.54 Å². The summed E-state index contributed by atoms with van der Waals surface area (Å²) < 4.78 is 0. The molecular weight excluding hydrogens is 240 g/mol. The van der Waals surface area contributed by atoms with E-state index in [0.717, 1.165) is 17.5 Å². The number of carbonyl (C=O) groups excluding carboxylic acids is 2. The molecule has 1 aliphatic rings. The molecule has 1 aromatic carbocycles. The van der Waals surface area contributed by atoms with E-state index in [2.05, 4.69) is 5.32 Å². The van der Waals surface area contributed by atoms with E-state index in [9.17, 15) is 9.59 Å². The van der Waals surface area contributed by atoms with Gasteiger partial charge < -0.3 is 10.2 Å². The smallest absolute Gasteiger partial charge is 0.254 e. The van der Waals surface area contributed by atoms with E-state index in [1.165, 1.54) is 0 Å². The SMILES string of the molecule is CC(C)(C)NC(=O)CN1CCc2ccccc2C1=O. The highest BCUT2D eigenvalue weighted by molar-refractivity contribution is 5.98. The minimum absolute atomic E-state index is 0.0501. The third kappa shape index (κ3) is 3.34. The zero-order chi connectivity index (χ0) is 14.0. The molecule has 0 radical (unpaired) electrons. The molecule has 1 aromatic rings. The Morgan fingerprint density at radius 3 is 2.68 bits per heavy atom. The molecular formula is C15H20N2O2. The Bertz CT molecular complexity index is 503. The van der Waals surface area contributed by atoms with Crippen molar-refractivity contribution in [3.05, 3.63) is 35.4 Å². The molecule has 0 spiro atoms. The summed E-state index contributed by atoms with van der Waals surface area (Å²) >= 11 is 0. The van der Waals surface area contributed by atoms with Crippen LogP contribution in [-0.4, -0.2) is 35.3 Å². The summed E-state index contributed by atoms with van der Waals surface area (Å²) in [7, 11) is 0. The molecule has 4 nitrogen and oxygen atoms in total. The zero-order valence-electron chi connectivity index (χ0n) is 11.7. The Labute approximate surface area is 113 Å². The minimum atomic E-state index is -0.270. The Balaban J connectivity index is 2.05. The molecule has 102 valence electrons. The number of hydrogen-bond acceptors (Lipinski definition) is 2. The average molecular weight is 260 g/mol. The van der Waals surface area contributed by atoms with E-state index in [1.54, 1.807) is 4.90 Å². The van der Waals surface area contributed by atoms with Gasteiger partial charge in [0.1, 0.15) is 0 Å². The van der Waals surface area contributed by atoms with Gasteiger partial charge in [0.25, 0.3) is 5.91 Å². The topological polar surface area (TPSA) is 49.4 Å². The molecule has 0 aliphatic carbocycles. The first-order valence-electron chi connectivity index (χ1n) is 6.55. The van der Waals surface area contributed by atoms with Crippen LogP contribution in [0.15, 0.2) is 24.3 Å². The van der Waals surface area contributed by atoms with Crippen molar-refractivity contribution in [2.75, 3.05) is 13.1 Å². The number of carbonyl (C=O) groups is 2. The first-order valence-corrected chi connectivity index (χ1v) is 6.55. The summed E-state index contributed by atoms with van der Waals surface area (Å²) in [5.74, 6) is -0.161. The normalized spacial score (nSPS) is 15.1. The van der Waals surface area contributed by atoms with Gasteiger partial charge >= 0.3 is 0 Å². The summed E-state index contributed by atoms with van der Waals surface area (Å²) in [5.41, 5.74) is 1.52. The summed E-state index contributed by atoms with van der Waals surface area (Å²) in [5, 5.41) is 2.88. The van der Waals surface area contributed by atoms with Gasteiger partial charge in [-0.1, -0.05) is 18.2 Å². The van der Waals surface area contributed by atoms with E-state index in [4.69, 9.17) is 0 Å². The third-order valence-corrected chi connectivity index (χ3v) is 3.03. The highest BCUT2D eigenvalue weighted by Gasteiger charge is 2.26. The van der Waals surface area contributed by atoms with Crippen LogP contribution in [-0.2, 0) is 11.2 Å². The van der Waals surface area contributed by atoms with Crippen LogP contribution >= 0.6 is 0 Å². The maximum Gasteiger partial charge on any atom is 0.254 e. The van der Waals surface area contributed by atoms with Crippen molar-refractivity contribution >= 4 is 11.8 Å².